The molecule has 0 aliphatic heterocycles. The molecule has 0 saturated heterocycles. The van der Waals surface area contributed by atoms with Gasteiger partial charge in [-0.2, -0.15) is 0 Å². The normalized spacial score (nSPS) is 11.4. The van der Waals surface area contributed by atoms with Gasteiger partial charge >= 0.3 is 0 Å². The van der Waals surface area contributed by atoms with Crippen LogP contribution in [0.4, 0.5) is 15.8 Å². The molecule has 1 heterocycles. The van der Waals surface area contributed by atoms with E-state index in [-0.39, 0.29) is 27.4 Å². The number of halogens is 1. The van der Waals surface area contributed by atoms with Gasteiger partial charge in [0.2, 0.25) is 5.56 Å². The van der Waals surface area contributed by atoms with Gasteiger partial charge in [0, 0.05) is 19.3 Å². The summed E-state index contributed by atoms with van der Waals surface area (Å²) in [5.74, 6) is -0.673. The van der Waals surface area contributed by atoms with Crippen molar-refractivity contribution in [3.63, 3.8) is 0 Å². The number of hydrogen-bond acceptors (Lipinski definition) is 4. The van der Waals surface area contributed by atoms with Crippen molar-refractivity contribution < 1.29 is 12.8 Å². The molecule has 2 aromatic rings. The van der Waals surface area contributed by atoms with Gasteiger partial charge in [0.1, 0.15) is 5.82 Å². The molecule has 21 heavy (non-hydrogen) atoms. The maximum atomic E-state index is 13.3. The summed E-state index contributed by atoms with van der Waals surface area (Å²) < 4.78 is 41.5. The first-order valence-electron chi connectivity index (χ1n) is 5.96. The Morgan fingerprint density at radius 1 is 1.29 bits per heavy atom. The number of nitrogens with one attached hydrogen (secondary N) is 1. The van der Waals surface area contributed by atoms with Crippen LogP contribution >= 0.6 is 0 Å². The molecule has 112 valence electrons. The quantitative estimate of drug-likeness (QED) is 0.833. The lowest BCUT2D eigenvalue weighted by molar-refractivity contribution is 0.599. The number of aromatic nitrogens is 1. The van der Waals surface area contributed by atoms with Crippen molar-refractivity contribution in [3.05, 3.63) is 52.2 Å². The first-order chi connectivity index (χ1) is 9.70. The fraction of sp³-hybridized carbons (Fsp3) is 0.154. The Morgan fingerprint density at radius 3 is 2.57 bits per heavy atom. The van der Waals surface area contributed by atoms with E-state index in [4.69, 9.17) is 5.73 Å². The first kappa shape index (κ1) is 15.0. The highest BCUT2D eigenvalue weighted by molar-refractivity contribution is 7.92. The molecule has 2 rings (SSSR count). The molecule has 0 fully saturated rings. The van der Waals surface area contributed by atoms with Gasteiger partial charge in [0.25, 0.3) is 10.0 Å². The molecule has 0 aliphatic rings. The highest BCUT2D eigenvalue weighted by atomic mass is 32.2. The monoisotopic (exact) mass is 311 g/mol. The minimum Gasteiger partial charge on any atom is -0.396 e. The summed E-state index contributed by atoms with van der Waals surface area (Å²) in [5.41, 5.74) is 5.36. The van der Waals surface area contributed by atoms with Crippen molar-refractivity contribution >= 4 is 21.4 Å². The number of nitrogen functional groups attached to an aromatic ring is 1. The fourth-order valence-corrected chi connectivity index (χ4v) is 3.13. The van der Waals surface area contributed by atoms with E-state index in [1.54, 1.807) is 0 Å². The van der Waals surface area contributed by atoms with Gasteiger partial charge in [0.15, 0.2) is 0 Å². The van der Waals surface area contributed by atoms with E-state index in [1.165, 1.54) is 36.9 Å². The zero-order valence-corrected chi connectivity index (χ0v) is 12.2. The Morgan fingerprint density at radius 2 is 1.95 bits per heavy atom. The number of hydrogen-bond donors (Lipinski definition) is 2. The summed E-state index contributed by atoms with van der Waals surface area (Å²) in [6.45, 7) is 1.47. The molecule has 0 radical (unpaired) electrons. The molecule has 6 nitrogen and oxygen atoms in total. The van der Waals surface area contributed by atoms with Crippen molar-refractivity contribution in [2.24, 2.45) is 7.05 Å². The zero-order valence-electron chi connectivity index (χ0n) is 11.4. The van der Waals surface area contributed by atoms with Crippen LogP contribution in [0.1, 0.15) is 5.56 Å². The van der Waals surface area contributed by atoms with Crippen LogP contribution in [0.3, 0.4) is 0 Å². The van der Waals surface area contributed by atoms with Crippen LogP contribution in [0.5, 0.6) is 0 Å². The van der Waals surface area contributed by atoms with E-state index in [0.29, 0.717) is 0 Å². The van der Waals surface area contributed by atoms with E-state index in [1.807, 2.05) is 0 Å². The number of nitrogens with zero attached hydrogens (tertiary/aromatic N) is 1. The van der Waals surface area contributed by atoms with E-state index < -0.39 is 15.8 Å². The smallest absolute Gasteiger partial charge is 0.262 e. The van der Waals surface area contributed by atoms with Crippen molar-refractivity contribution in [1.82, 2.24) is 4.57 Å². The Bertz CT molecular complexity index is 859. The third-order valence-electron chi connectivity index (χ3n) is 2.92. The van der Waals surface area contributed by atoms with E-state index in [2.05, 4.69) is 4.72 Å². The Kier molecular flexibility index (Phi) is 3.73. The largest absolute Gasteiger partial charge is 0.396 e. The molecule has 8 heteroatoms. The number of rotatable bonds is 3. The number of sulfonamides is 1. The van der Waals surface area contributed by atoms with Crippen molar-refractivity contribution in [3.8, 4) is 0 Å². The van der Waals surface area contributed by atoms with Crippen LogP contribution in [-0.2, 0) is 17.1 Å². The SMILES string of the molecule is Cc1cc(F)c(N)cc1S(=O)(=O)Nc1ccc(=O)n(C)c1. The number of pyridine rings is 1. The van der Waals surface area contributed by atoms with Crippen molar-refractivity contribution in [2.75, 3.05) is 10.5 Å². The van der Waals surface area contributed by atoms with Crippen LogP contribution in [0, 0.1) is 12.7 Å². The van der Waals surface area contributed by atoms with Crippen LogP contribution in [0.15, 0.2) is 40.2 Å². The fourth-order valence-electron chi connectivity index (χ4n) is 1.82. The summed E-state index contributed by atoms with van der Waals surface area (Å²) >= 11 is 0. The average Bonchev–Trinajstić information content (AvgIpc) is 2.37. The number of benzene rings is 1. The van der Waals surface area contributed by atoms with Crippen molar-refractivity contribution in [2.45, 2.75) is 11.8 Å². The second-order valence-corrected chi connectivity index (χ2v) is 6.26. The predicted octanol–water partition coefficient (Wildman–Crippen LogP) is 1.22. The Labute approximate surface area is 121 Å². The molecule has 0 atom stereocenters. The van der Waals surface area contributed by atoms with Crippen LogP contribution in [0.2, 0.25) is 0 Å². The third-order valence-corrected chi connectivity index (χ3v) is 4.45. The number of anilines is 2. The Balaban J connectivity index is 2.45. The van der Waals surface area contributed by atoms with Gasteiger partial charge < -0.3 is 10.3 Å². The van der Waals surface area contributed by atoms with Crippen LogP contribution < -0.4 is 16.0 Å². The van der Waals surface area contributed by atoms with Gasteiger partial charge in [-0.25, -0.2) is 12.8 Å². The second-order valence-electron chi connectivity index (χ2n) is 4.61. The molecule has 0 spiro atoms. The molecule has 0 amide bonds. The predicted molar refractivity (Wildman–Crippen MR) is 78.0 cm³/mol. The standard InChI is InChI=1S/C13H14FN3O3S/c1-8-5-10(14)11(15)6-12(8)21(19,20)16-9-3-4-13(18)17(2)7-9/h3-7,16H,15H2,1-2H3. The summed E-state index contributed by atoms with van der Waals surface area (Å²) in [6.07, 6.45) is 1.35. The summed E-state index contributed by atoms with van der Waals surface area (Å²) in [7, 11) is -2.42. The van der Waals surface area contributed by atoms with Crippen molar-refractivity contribution in [1.29, 1.82) is 0 Å². The summed E-state index contributed by atoms with van der Waals surface area (Å²) in [4.78, 5) is 11.2. The molecule has 0 saturated carbocycles. The van der Waals surface area contributed by atoms with Gasteiger partial charge in [-0.05, 0) is 30.7 Å². The zero-order chi connectivity index (χ0) is 15.8. The average molecular weight is 311 g/mol. The lowest BCUT2D eigenvalue weighted by Gasteiger charge is -2.12. The number of nitrogens with two attached hydrogens (primary N) is 1. The molecular weight excluding hydrogens is 297 g/mol. The summed E-state index contributed by atoms with van der Waals surface area (Å²) in [5, 5.41) is 0. The molecule has 0 aliphatic carbocycles. The first-order valence-corrected chi connectivity index (χ1v) is 7.44. The third kappa shape index (κ3) is 3.05. The van der Waals surface area contributed by atoms with E-state index in [0.717, 1.165) is 12.1 Å². The maximum absolute atomic E-state index is 13.3. The molecule has 1 aromatic heterocycles. The maximum Gasteiger partial charge on any atom is 0.262 e. The Hall–Kier alpha value is -2.35. The number of aryl methyl sites for hydroxylation is 2. The second kappa shape index (κ2) is 5.21. The van der Waals surface area contributed by atoms with Gasteiger partial charge in [-0.15, -0.1) is 0 Å². The molecule has 3 N–H and O–H groups in total. The van der Waals surface area contributed by atoms with E-state index in [9.17, 15) is 17.6 Å². The highest BCUT2D eigenvalue weighted by Crippen LogP contribution is 2.23. The minimum atomic E-state index is -3.92. The van der Waals surface area contributed by atoms with Gasteiger partial charge in [-0.1, -0.05) is 0 Å². The molecular formula is C13H14FN3O3S. The molecule has 0 unspecified atom stereocenters. The van der Waals surface area contributed by atoms with Crippen LogP contribution in [0.25, 0.3) is 0 Å². The summed E-state index contributed by atoms with van der Waals surface area (Å²) in [6, 6.07) is 4.71. The highest BCUT2D eigenvalue weighted by Gasteiger charge is 2.19. The van der Waals surface area contributed by atoms with Crippen LogP contribution in [-0.4, -0.2) is 13.0 Å². The lowest BCUT2D eigenvalue weighted by Crippen LogP contribution is -2.19. The molecule has 1 aromatic carbocycles. The van der Waals surface area contributed by atoms with Gasteiger partial charge in [0.05, 0.1) is 16.3 Å². The van der Waals surface area contributed by atoms with Gasteiger partial charge in [-0.3, -0.25) is 9.52 Å². The molecule has 0 bridgehead atoms. The van der Waals surface area contributed by atoms with E-state index >= 15 is 0 Å². The topological polar surface area (TPSA) is 94.2 Å². The minimum absolute atomic E-state index is 0.116. The lowest BCUT2D eigenvalue weighted by atomic mass is 10.2.